The number of hydrogen-bond acceptors (Lipinski definition) is 3. The maximum absolute atomic E-state index is 5.88. The lowest BCUT2D eigenvalue weighted by Gasteiger charge is -2.32. The van der Waals surface area contributed by atoms with E-state index >= 15 is 0 Å². The first kappa shape index (κ1) is 13.1. The van der Waals surface area contributed by atoms with Gasteiger partial charge in [0.25, 0.3) is 0 Å². The van der Waals surface area contributed by atoms with Crippen LogP contribution in [0, 0.1) is 5.92 Å². The zero-order valence-electron chi connectivity index (χ0n) is 11.8. The van der Waals surface area contributed by atoms with Gasteiger partial charge in [0.15, 0.2) is 0 Å². The summed E-state index contributed by atoms with van der Waals surface area (Å²) in [5, 5.41) is 3.41. The summed E-state index contributed by atoms with van der Waals surface area (Å²) in [5.41, 5.74) is 1.26. The Morgan fingerprint density at radius 3 is 3.21 bits per heavy atom. The van der Waals surface area contributed by atoms with Crippen molar-refractivity contribution in [3.05, 3.63) is 18.2 Å². The van der Waals surface area contributed by atoms with Crippen molar-refractivity contribution in [3.63, 3.8) is 0 Å². The van der Waals surface area contributed by atoms with E-state index in [0.717, 1.165) is 25.6 Å². The lowest BCUT2D eigenvalue weighted by molar-refractivity contribution is 0.0210. The number of hydrogen-bond donors (Lipinski definition) is 1. The van der Waals surface area contributed by atoms with Gasteiger partial charge in [0.05, 0.1) is 24.8 Å². The minimum atomic E-state index is 0.179. The van der Waals surface area contributed by atoms with Gasteiger partial charge >= 0.3 is 0 Å². The van der Waals surface area contributed by atoms with E-state index in [1.807, 2.05) is 12.5 Å². The molecule has 0 radical (unpaired) electrons. The Morgan fingerprint density at radius 2 is 2.42 bits per heavy atom. The van der Waals surface area contributed by atoms with Crippen molar-refractivity contribution in [3.8, 4) is 0 Å². The fourth-order valence-electron chi connectivity index (χ4n) is 3.51. The maximum Gasteiger partial charge on any atom is 0.111 e. The molecule has 1 aliphatic heterocycles. The molecule has 1 saturated carbocycles. The summed E-state index contributed by atoms with van der Waals surface area (Å²) in [4.78, 5) is 4.38. The van der Waals surface area contributed by atoms with Crippen molar-refractivity contribution in [2.75, 3.05) is 19.7 Å². The summed E-state index contributed by atoms with van der Waals surface area (Å²) in [6.45, 7) is 5.00. The van der Waals surface area contributed by atoms with Crippen molar-refractivity contribution in [2.45, 2.75) is 51.2 Å². The second kappa shape index (κ2) is 6.06. The molecule has 2 fully saturated rings. The van der Waals surface area contributed by atoms with Gasteiger partial charge in [0.2, 0.25) is 0 Å². The van der Waals surface area contributed by atoms with Gasteiger partial charge in [-0.05, 0) is 18.8 Å². The first-order chi connectivity index (χ1) is 9.38. The number of nitrogens with one attached hydrogen (secondary N) is 1. The first-order valence-electron chi connectivity index (χ1n) is 7.72. The number of imidazole rings is 1. The summed E-state index contributed by atoms with van der Waals surface area (Å²) in [5.74, 6) is 0.888. The van der Waals surface area contributed by atoms with Crippen LogP contribution in [0.25, 0.3) is 0 Å². The van der Waals surface area contributed by atoms with Gasteiger partial charge in [-0.2, -0.15) is 0 Å². The summed E-state index contributed by atoms with van der Waals surface area (Å²) in [7, 11) is 0. The molecular weight excluding hydrogens is 238 g/mol. The molecule has 106 valence electrons. The van der Waals surface area contributed by atoms with Crippen molar-refractivity contribution >= 4 is 0 Å². The van der Waals surface area contributed by atoms with Crippen molar-refractivity contribution in [1.29, 1.82) is 0 Å². The third-order valence-corrected chi connectivity index (χ3v) is 4.68. The minimum Gasteiger partial charge on any atom is -0.369 e. The van der Waals surface area contributed by atoms with Crippen molar-refractivity contribution < 1.29 is 4.74 Å². The van der Waals surface area contributed by atoms with E-state index in [1.165, 1.54) is 37.8 Å². The molecule has 19 heavy (non-hydrogen) atoms. The Balaban J connectivity index is 1.75. The van der Waals surface area contributed by atoms with Gasteiger partial charge in [0.1, 0.15) is 6.10 Å². The minimum absolute atomic E-state index is 0.179. The summed E-state index contributed by atoms with van der Waals surface area (Å²) < 4.78 is 8.27. The second-order valence-electron chi connectivity index (χ2n) is 5.88. The molecular formula is C15H25N3O. The number of nitrogens with zero attached hydrogens (tertiary/aromatic N) is 2. The number of morpholine rings is 1. The topological polar surface area (TPSA) is 39.1 Å². The van der Waals surface area contributed by atoms with Crippen LogP contribution >= 0.6 is 0 Å². The van der Waals surface area contributed by atoms with Crippen LogP contribution in [0.2, 0.25) is 0 Å². The molecule has 4 nitrogen and oxygen atoms in total. The largest absolute Gasteiger partial charge is 0.369 e. The molecule has 1 N–H and O–H groups in total. The first-order valence-corrected chi connectivity index (χ1v) is 7.72. The molecule has 1 aromatic heterocycles. The Hall–Kier alpha value is -0.870. The molecule has 0 spiro atoms. The van der Waals surface area contributed by atoms with Crippen LogP contribution in [0.3, 0.4) is 0 Å². The summed E-state index contributed by atoms with van der Waals surface area (Å²) in [6.07, 6.45) is 10.8. The van der Waals surface area contributed by atoms with Crippen LogP contribution in [0.5, 0.6) is 0 Å². The van der Waals surface area contributed by atoms with E-state index in [9.17, 15) is 0 Å². The third-order valence-electron chi connectivity index (χ3n) is 4.68. The molecule has 3 atom stereocenters. The predicted octanol–water partition coefficient (Wildman–Crippen LogP) is 2.69. The third kappa shape index (κ3) is 2.84. The molecule has 0 aromatic carbocycles. The van der Waals surface area contributed by atoms with E-state index in [-0.39, 0.29) is 6.10 Å². The van der Waals surface area contributed by atoms with Gasteiger partial charge in [-0.25, -0.2) is 4.98 Å². The lowest BCUT2D eigenvalue weighted by atomic mass is 9.84. The van der Waals surface area contributed by atoms with E-state index < -0.39 is 0 Å². The Labute approximate surface area is 115 Å². The molecule has 2 heterocycles. The molecule has 4 heteroatoms. The highest BCUT2D eigenvalue weighted by Crippen LogP contribution is 2.36. The predicted molar refractivity (Wildman–Crippen MR) is 75.1 cm³/mol. The molecule has 3 unspecified atom stereocenters. The normalized spacial score (nSPS) is 32.4. The van der Waals surface area contributed by atoms with Crippen LogP contribution in [-0.4, -0.2) is 29.2 Å². The van der Waals surface area contributed by atoms with Crippen molar-refractivity contribution in [1.82, 2.24) is 14.9 Å². The van der Waals surface area contributed by atoms with E-state index in [2.05, 4.69) is 21.8 Å². The summed E-state index contributed by atoms with van der Waals surface area (Å²) in [6, 6.07) is 0.627. The zero-order chi connectivity index (χ0) is 13.1. The number of aromatic nitrogens is 2. The van der Waals surface area contributed by atoms with E-state index in [0.29, 0.717) is 6.04 Å². The standard InChI is InChI=1S/C15H25N3O/c1-2-12-4-3-5-13(8-12)18-11-17-9-14(18)15-10-16-6-7-19-15/h9,11-13,15-16H,2-8,10H2,1H3. The van der Waals surface area contributed by atoms with Crippen LogP contribution in [-0.2, 0) is 4.74 Å². The SMILES string of the molecule is CCC1CCCC(n2cncc2C2CNCCO2)C1. The van der Waals surface area contributed by atoms with Crippen molar-refractivity contribution in [2.24, 2.45) is 5.92 Å². The fourth-order valence-corrected chi connectivity index (χ4v) is 3.51. The molecule has 2 aliphatic rings. The smallest absolute Gasteiger partial charge is 0.111 e. The average molecular weight is 263 g/mol. The number of ether oxygens (including phenoxy) is 1. The average Bonchev–Trinajstić information content (AvgIpc) is 2.98. The molecule has 1 aromatic rings. The van der Waals surface area contributed by atoms with E-state index in [1.54, 1.807) is 0 Å². The lowest BCUT2D eigenvalue weighted by Crippen LogP contribution is -2.35. The maximum atomic E-state index is 5.88. The molecule has 1 saturated heterocycles. The Bertz CT molecular complexity index is 398. The zero-order valence-corrected chi connectivity index (χ0v) is 11.8. The summed E-state index contributed by atoms with van der Waals surface area (Å²) >= 11 is 0. The second-order valence-corrected chi connectivity index (χ2v) is 5.88. The molecule has 0 amide bonds. The highest BCUT2D eigenvalue weighted by Gasteiger charge is 2.26. The molecule has 1 aliphatic carbocycles. The highest BCUT2D eigenvalue weighted by molar-refractivity contribution is 5.07. The van der Waals surface area contributed by atoms with E-state index in [4.69, 9.17) is 4.74 Å². The quantitative estimate of drug-likeness (QED) is 0.911. The Morgan fingerprint density at radius 1 is 1.47 bits per heavy atom. The van der Waals surface area contributed by atoms with Crippen LogP contribution in [0.1, 0.15) is 56.9 Å². The van der Waals surface area contributed by atoms with Crippen LogP contribution in [0.15, 0.2) is 12.5 Å². The molecule has 3 rings (SSSR count). The Kier molecular flexibility index (Phi) is 4.18. The van der Waals surface area contributed by atoms with Crippen LogP contribution < -0.4 is 5.32 Å². The molecule has 0 bridgehead atoms. The monoisotopic (exact) mass is 263 g/mol. The number of rotatable bonds is 3. The van der Waals surface area contributed by atoms with Gasteiger partial charge in [-0.15, -0.1) is 0 Å². The fraction of sp³-hybridized carbons (Fsp3) is 0.800. The van der Waals surface area contributed by atoms with Gasteiger partial charge in [0, 0.05) is 19.1 Å². The van der Waals surface area contributed by atoms with Gasteiger partial charge in [-0.3, -0.25) is 0 Å². The highest BCUT2D eigenvalue weighted by atomic mass is 16.5. The van der Waals surface area contributed by atoms with Gasteiger partial charge in [-0.1, -0.05) is 26.2 Å². The van der Waals surface area contributed by atoms with Crippen LogP contribution in [0.4, 0.5) is 0 Å². The van der Waals surface area contributed by atoms with Gasteiger partial charge < -0.3 is 14.6 Å².